The van der Waals surface area contributed by atoms with Crippen molar-refractivity contribution in [3.63, 3.8) is 0 Å². The van der Waals surface area contributed by atoms with E-state index < -0.39 is 0 Å². The minimum Gasteiger partial charge on any atom is -0.497 e. The molecule has 0 fully saturated rings. The summed E-state index contributed by atoms with van der Waals surface area (Å²) in [5, 5.41) is 5.58. The molecular formula is C23H22N2O4. The fraction of sp³-hybridized carbons (Fsp3) is 0.130. The molecule has 3 aromatic rings. The first kappa shape index (κ1) is 19.9. The van der Waals surface area contributed by atoms with Crippen LogP contribution in [0.1, 0.15) is 15.9 Å². The lowest BCUT2D eigenvalue weighted by atomic mass is 10.2. The molecule has 6 nitrogen and oxygen atoms in total. The van der Waals surface area contributed by atoms with Crippen LogP contribution in [0.3, 0.4) is 0 Å². The molecule has 0 saturated carbocycles. The molecular weight excluding hydrogens is 368 g/mol. The van der Waals surface area contributed by atoms with Gasteiger partial charge in [-0.15, -0.1) is 0 Å². The van der Waals surface area contributed by atoms with Gasteiger partial charge in [0.05, 0.1) is 7.11 Å². The van der Waals surface area contributed by atoms with E-state index >= 15 is 0 Å². The summed E-state index contributed by atoms with van der Waals surface area (Å²) in [6.07, 6.45) is 0. The first-order chi connectivity index (χ1) is 14.0. The van der Waals surface area contributed by atoms with E-state index in [1.165, 1.54) is 0 Å². The molecule has 148 valence electrons. The Morgan fingerprint density at radius 3 is 2.24 bits per heavy atom. The maximum absolute atomic E-state index is 12.3. The lowest BCUT2D eigenvalue weighted by Gasteiger charge is -2.09. The Hall–Kier alpha value is -3.80. The molecule has 0 radical (unpaired) electrons. The second kappa shape index (κ2) is 9.41. The molecule has 0 spiro atoms. The predicted molar refractivity (Wildman–Crippen MR) is 113 cm³/mol. The Morgan fingerprint density at radius 2 is 1.55 bits per heavy atom. The van der Waals surface area contributed by atoms with Gasteiger partial charge >= 0.3 is 0 Å². The number of rotatable bonds is 7. The number of hydrogen-bond acceptors (Lipinski definition) is 4. The standard InChI is InChI=1S/C23H22N2O4/c1-16-6-10-18(11-7-16)25-23(27)17-8-12-20(13-9-17)29-15-22(26)24-19-4-3-5-21(14-19)28-2/h3-14H,15H2,1-2H3,(H,24,26)(H,25,27). The number of methoxy groups -OCH3 is 1. The van der Waals surface area contributed by atoms with Gasteiger partial charge in [-0.05, 0) is 55.5 Å². The van der Waals surface area contributed by atoms with Gasteiger partial charge in [-0.1, -0.05) is 23.8 Å². The summed E-state index contributed by atoms with van der Waals surface area (Å²) in [6.45, 7) is 1.84. The number of carbonyl (C=O) groups is 2. The fourth-order valence-corrected chi connectivity index (χ4v) is 2.59. The molecule has 3 rings (SSSR count). The van der Waals surface area contributed by atoms with Crippen molar-refractivity contribution in [1.29, 1.82) is 0 Å². The first-order valence-electron chi connectivity index (χ1n) is 9.08. The van der Waals surface area contributed by atoms with Gasteiger partial charge in [-0.2, -0.15) is 0 Å². The van der Waals surface area contributed by atoms with Crippen molar-refractivity contribution in [1.82, 2.24) is 0 Å². The van der Waals surface area contributed by atoms with Crippen molar-refractivity contribution in [3.8, 4) is 11.5 Å². The molecule has 29 heavy (non-hydrogen) atoms. The van der Waals surface area contributed by atoms with Crippen LogP contribution in [0, 0.1) is 6.92 Å². The molecule has 0 aliphatic heterocycles. The van der Waals surface area contributed by atoms with Gasteiger partial charge in [0.25, 0.3) is 11.8 Å². The number of amides is 2. The van der Waals surface area contributed by atoms with Crippen molar-refractivity contribution in [2.24, 2.45) is 0 Å². The molecule has 6 heteroatoms. The topological polar surface area (TPSA) is 76.7 Å². The Bertz CT molecular complexity index is 983. The van der Waals surface area contributed by atoms with E-state index in [0.29, 0.717) is 22.7 Å². The van der Waals surface area contributed by atoms with Crippen LogP contribution in [0.4, 0.5) is 11.4 Å². The average molecular weight is 390 g/mol. The molecule has 0 aliphatic rings. The highest BCUT2D eigenvalue weighted by Gasteiger charge is 2.08. The van der Waals surface area contributed by atoms with Gasteiger partial charge < -0.3 is 20.1 Å². The van der Waals surface area contributed by atoms with Crippen molar-refractivity contribution < 1.29 is 19.1 Å². The summed E-state index contributed by atoms with van der Waals surface area (Å²) in [4.78, 5) is 24.4. The number of nitrogens with one attached hydrogen (secondary N) is 2. The summed E-state index contributed by atoms with van der Waals surface area (Å²) >= 11 is 0. The SMILES string of the molecule is COc1cccc(NC(=O)COc2ccc(C(=O)Nc3ccc(C)cc3)cc2)c1. The zero-order chi connectivity index (χ0) is 20.6. The van der Waals surface area contributed by atoms with Crippen LogP contribution >= 0.6 is 0 Å². The maximum Gasteiger partial charge on any atom is 0.262 e. The van der Waals surface area contributed by atoms with E-state index in [1.54, 1.807) is 55.6 Å². The Kier molecular flexibility index (Phi) is 6.47. The largest absolute Gasteiger partial charge is 0.497 e. The second-order valence-corrected chi connectivity index (χ2v) is 6.41. The lowest BCUT2D eigenvalue weighted by molar-refractivity contribution is -0.118. The highest BCUT2D eigenvalue weighted by atomic mass is 16.5. The zero-order valence-corrected chi connectivity index (χ0v) is 16.3. The number of hydrogen-bond donors (Lipinski definition) is 2. The van der Waals surface area contributed by atoms with Gasteiger partial charge in [0, 0.05) is 23.0 Å². The zero-order valence-electron chi connectivity index (χ0n) is 16.3. The number of anilines is 2. The molecule has 0 aliphatic carbocycles. The van der Waals surface area contributed by atoms with Crippen LogP contribution < -0.4 is 20.1 Å². The molecule has 3 aromatic carbocycles. The van der Waals surface area contributed by atoms with E-state index in [9.17, 15) is 9.59 Å². The molecule has 0 bridgehead atoms. The van der Waals surface area contributed by atoms with Crippen molar-refractivity contribution >= 4 is 23.2 Å². The Balaban J connectivity index is 1.51. The normalized spacial score (nSPS) is 10.1. The summed E-state index contributed by atoms with van der Waals surface area (Å²) in [5.74, 6) is 0.650. The summed E-state index contributed by atoms with van der Waals surface area (Å²) in [6, 6.07) is 21.3. The monoisotopic (exact) mass is 390 g/mol. The maximum atomic E-state index is 12.3. The molecule has 0 saturated heterocycles. The summed E-state index contributed by atoms with van der Waals surface area (Å²) in [5.41, 5.74) is 2.98. The molecule has 0 atom stereocenters. The van der Waals surface area contributed by atoms with Crippen LogP contribution in [0.5, 0.6) is 11.5 Å². The fourth-order valence-electron chi connectivity index (χ4n) is 2.59. The third-order valence-corrected chi connectivity index (χ3v) is 4.15. The van der Waals surface area contributed by atoms with Crippen LogP contribution in [-0.4, -0.2) is 25.5 Å². The molecule has 2 N–H and O–H groups in total. The number of carbonyl (C=O) groups excluding carboxylic acids is 2. The van der Waals surface area contributed by atoms with E-state index in [1.807, 2.05) is 31.2 Å². The van der Waals surface area contributed by atoms with Gasteiger partial charge in [-0.3, -0.25) is 9.59 Å². The van der Waals surface area contributed by atoms with Crippen molar-refractivity contribution in [3.05, 3.63) is 83.9 Å². The average Bonchev–Trinajstić information content (AvgIpc) is 2.74. The highest BCUT2D eigenvalue weighted by molar-refractivity contribution is 6.04. The Labute approximate surface area is 169 Å². The molecule has 2 amide bonds. The van der Waals surface area contributed by atoms with Crippen LogP contribution in [0.15, 0.2) is 72.8 Å². The minimum atomic E-state index is -0.292. The van der Waals surface area contributed by atoms with E-state index in [4.69, 9.17) is 9.47 Å². The number of ether oxygens (including phenoxy) is 2. The van der Waals surface area contributed by atoms with E-state index in [2.05, 4.69) is 10.6 Å². The molecule has 0 unspecified atom stereocenters. The Morgan fingerprint density at radius 1 is 0.828 bits per heavy atom. The van der Waals surface area contributed by atoms with Crippen molar-refractivity contribution in [2.75, 3.05) is 24.4 Å². The quantitative estimate of drug-likeness (QED) is 0.632. The smallest absolute Gasteiger partial charge is 0.262 e. The van der Waals surface area contributed by atoms with Crippen molar-refractivity contribution in [2.45, 2.75) is 6.92 Å². The van der Waals surface area contributed by atoms with Gasteiger partial charge in [0.2, 0.25) is 0 Å². The third-order valence-electron chi connectivity index (χ3n) is 4.15. The van der Waals surface area contributed by atoms with Crippen LogP contribution in [0.25, 0.3) is 0 Å². The van der Waals surface area contributed by atoms with Gasteiger partial charge in [-0.25, -0.2) is 0 Å². The second-order valence-electron chi connectivity index (χ2n) is 6.41. The first-order valence-corrected chi connectivity index (χ1v) is 9.08. The van der Waals surface area contributed by atoms with E-state index in [0.717, 1.165) is 11.3 Å². The number of aryl methyl sites for hydroxylation is 1. The summed E-state index contributed by atoms with van der Waals surface area (Å²) in [7, 11) is 1.56. The van der Waals surface area contributed by atoms with Crippen LogP contribution in [0.2, 0.25) is 0 Å². The van der Waals surface area contributed by atoms with E-state index in [-0.39, 0.29) is 18.4 Å². The predicted octanol–water partition coefficient (Wildman–Crippen LogP) is 4.27. The minimum absolute atomic E-state index is 0.147. The molecule has 0 aromatic heterocycles. The van der Waals surface area contributed by atoms with Gasteiger partial charge in [0.1, 0.15) is 11.5 Å². The summed E-state index contributed by atoms with van der Waals surface area (Å²) < 4.78 is 10.6. The highest BCUT2D eigenvalue weighted by Crippen LogP contribution is 2.17. The van der Waals surface area contributed by atoms with Gasteiger partial charge in [0.15, 0.2) is 6.61 Å². The third kappa shape index (κ3) is 5.84. The lowest BCUT2D eigenvalue weighted by Crippen LogP contribution is -2.20. The van der Waals surface area contributed by atoms with Crippen LogP contribution in [-0.2, 0) is 4.79 Å². The molecule has 0 heterocycles. The number of benzene rings is 3.